The van der Waals surface area contributed by atoms with E-state index in [0.717, 1.165) is 16.5 Å². The second-order valence-electron chi connectivity index (χ2n) is 3.79. The van der Waals surface area contributed by atoms with E-state index in [2.05, 4.69) is 46.9 Å². The van der Waals surface area contributed by atoms with Crippen molar-refractivity contribution in [2.75, 3.05) is 0 Å². The predicted octanol–water partition coefficient (Wildman–Crippen LogP) is 3.89. The normalized spacial score (nSPS) is 14.3. The van der Waals surface area contributed by atoms with Gasteiger partial charge in [-0.1, -0.05) is 20.3 Å². The maximum atomic E-state index is 8.83. The van der Waals surface area contributed by atoms with Gasteiger partial charge in [-0.25, -0.2) is 0 Å². The van der Waals surface area contributed by atoms with Crippen LogP contribution >= 0.6 is 15.9 Å². The average Bonchev–Trinajstić information content (AvgIpc) is 2.25. The third-order valence-corrected chi connectivity index (χ3v) is 3.23. The van der Waals surface area contributed by atoms with E-state index < -0.39 is 0 Å². The molecule has 1 aromatic rings. The van der Waals surface area contributed by atoms with Gasteiger partial charge in [0.05, 0.1) is 6.07 Å². The van der Waals surface area contributed by atoms with Crippen LogP contribution in [0, 0.1) is 17.2 Å². The first-order valence-electron chi connectivity index (χ1n) is 5.16. The number of hydrogen-bond acceptors (Lipinski definition) is 2. The molecule has 0 aromatic carbocycles. The molecule has 0 aliphatic carbocycles. The van der Waals surface area contributed by atoms with E-state index in [1.165, 1.54) is 0 Å². The molecule has 2 unspecified atom stereocenters. The van der Waals surface area contributed by atoms with Crippen LogP contribution in [0.1, 0.15) is 38.2 Å². The van der Waals surface area contributed by atoms with E-state index in [9.17, 15) is 0 Å². The molecule has 80 valence electrons. The molecule has 0 N–H and O–H groups in total. The Bertz CT molecular complexity index is 357. The van der Waals surface area contributed by atoms with E-state index in [-0.39, 0.29) is 0 Å². The van der Waals surface area contributed by atoms with Gasteiger partial charge in [-0.15, -0.1) is 0 Å². The number of hydrogen-bond donors (Lipinski definition) is 0. The summed E-state index contributed by atoms with van der Waals surface area (Å²) in [4.78, 5) is 4.15. The summed E-state index contributed by atoms with van der Waals surface area (Å²) >= 11 is 3.41. The second kappa shape index (κ2) is 5.87. The maximum absolute atomic E-state index is 8.83. The molecule has 0 saturated carbocycles. The Hall–Kier alpha value is -0.880. The van der Waals surface area contributed by atoms with Crippen molar-refractivity contribution in [2.24, 2.45) is 5.92 Å². The largest absolute Gasteiger partial charge is 0.263 e. The molecule has 0 aliphatic rings. The summed E-state index contributed by atoms with van der Waals surface area (Å²) in [6.07, 6.45) is 5.27. The quantitative estimate of drug-likeness (QED) is 0.829. The highest BCUT2D eigenvalue weighted by Gasteiger charge is 2.18. The van der Waals surface area contributed by atoms with Crippen LogP contribution in [-0.4, -0.2) is 4.98 Å². The van der Waals surface area contributed by atoms with Crippen LogP contribution in [0.2, 0.25) is 0 Å². The van der Waals surface area contributed by atoms with Gasteiger partial charge in [0.2, 0.25) is 0 Å². The van der Waals surface area contributed by atoms with Crippen molar-refractivity contribution < 1.29 is 0 Å². The van der Waals surface area contributed by atoms with Gasteiger partial charge in [0, 0.05) is 29.2 Å². The lowest BCUT2D eigenvalue weighted by molar-refractivity contribution is 0.450. The maximum Gasteiger partial charge on any atom is 0.0628 e. The SMILES string of the molecule is CCC(C)C(CC#N)c1cncc(Br)c1. The molecule has 1 rings (SSSR count). The topological polar surface area (TPSA) is 36.7 Å². The van der Waals surface area contributed by atoms with Gasteiger partial charge < -0.3 is 0 Å². The van der Waals surface area contributed by atoms with Gasteiger partial charge in [-0.3, -0.25) is 4.98 Å². The minimum absolute atomic E-state index is 0.296. The molecular formula is C12H15BrN2. The fourth-order valence-corrected chi connectivity index (χ4v) is 2.04. The van der Waals surface area contributed by atoms with Gasteiger partial charge in [-0.05, 0) is 33.5 Å². The van der Waals surface area contributed by atoms with Crippen molar-refractivity contribution in [3.63, 3.8) is 0 Å². The zero-order valence-electron chi connectivity index (χ0n) is 9.07. The lowest BCUT2D eigenvalue weighted by Gasteiger charge is -2.20. The minimum Gasteiger partial charge on any atom is -0.263 e. The number of pyridine rings is 1. The first-order chi connectivity index (χ1) is 7.19. The minimum atomic E-state index is 0.296. The zero-order valence-corrected chi connectivity index (χ0v) is 10.7. The Morgan fingerprint density at radius 1 is 1.53 bits per heavy atom. The van der Waals surface area contributed by atoms with E-state index in [1.54, 1.807) is 6.20 Å². The number of halogens is 1. The number of nitriles is 1. The first kappa shape index (κ1) is 12.2. The standard InChI is InChI=1S/C12H15BrN2/c1-3-9(2)12(4-5-14)10-6-11(13)8-15-7-10/h6-9,12H,3-4H2,1-2H3. The number of rotatable bonds is 4. The van der Waals surface area contributed by atoms with Crippen molar-refractivity contribution in [2.45, 2.75) is 32.6 Å². The molecule has 0 bridgehead atoms. The smallest absolute Gasteiger partial charge is 0.0628 e. The lowest BCUT2D eigenvalue weighted by Crippen LogP contribution is -2.08. The van der Waals surface area contributed by atoms with Crippen molar-refractivity contribution >= 4 is 15.9 Å². The molecular weight excluding hydrogens is 252 g/mol. The molecule has 0 spiro atoms. The van der Waals surface area contributed by atoms with Crippen LogP contribution in [-0.2, 0) is 0 Å². The van der Waals surface area contributed by atoms with Crippen LogP contribution in [0.3, 0.4) is 0 Å². The van der Waals surface area contributed by atoms with Crippen molar-refractivity contribution in [3.8, 4) is 6.07 Å². The summed E-state index contributed by atoms with van der Waals surface area (Å²) in [5.41, 5.74) is 1.15. The summed E-state index contributed by atoms with van der Waals surface area (Å²) in [6.45, 7) is 4.34. The van der Waals surface area contributed by atoms with Crippen LogP contribution in [0.5, 0.6) is 0 Å². The monoisotopic (exact) mass is 266 g/mol. The lowest BCUT2D eigenvalue weighted by atomic mass is 9.84. The highest BCUT2D eigenvalue weighted by Crippen LogP contribution is 2.30. The van der Waals surface area contributed by atoms with Gasteiger partial charge in [0.1, 0.15) is 0 Å². The highest BCUT2D eigenvalue weighted by atomic mass is 79.9. The van der Waals surface area contributed by atoms with Crippen LogP contribution in [0.4, 0.5) is 0 Å². The van der Waals surface area contributed by atoms with Crippen LogP contribution < -0.4 is 0 Å². The Kier molecular flexibility index (Phi) is 4.77. The molecule has 0 aliphatic heterocycles. The molecule has 0 fully saturated rings. The average molecular weight is 267 g/mol. The first-order valence-corrected chi connectivity index (χ1v) is 5.95. The van der Waals surface area contributed by atoms with Crippen molar-refractivity contribution in [1.82, 2.24) is 4.98 Å². The number of nitrogens with zero attached hydrogens (tertiary/aromatic N) is 2. The Morgan fingerprint density at radius 3 is 2.80 bits per heavy atom. The van der Waals surface area contributed by atoms with E-state index in [1.807, 2.05) is 6.20 Å². The molecule has 1 heterocycles. The summed E-state index contributed by atoms with van der Waals surface area (Å²) < 4.78 is 0.978. The molecule has 0 saturated heterocycles. The summed E-state index contributed by atoms with van der Waals surface area (Å²) in [5, 5.41) is 8.83. The van der Waals surface area contributed by atoms with E-state index in [0.29, 0.717) is 18.3 Å². The zero-order chi connectivity index (χ0) is 11.3. The van der Waals surface area contributed by atoms with Crippen molar-refractivity contribution in [3.05, 3.63) is 28.5 Å². The van der Waals surface area contributed by atoms with Crippen LogP contribution in [0.25, 0.3) is 0 Å². The predicted molar refractivity (Wildman–Crippen MR) is 64.4 cm³/mol. The molecule has 2 nitrogen and oxygen atoms in total. The molecule has 3 heteroatoms. The Morgan fingerprint density at radius 2 is 2.27 bits per heavy atom. The van der Waals surface area contributed by atoms with Gasteiger partial charge >= 0.3 is 0 Å². The third kappa shape index (κ3) is 3.32. The van der Waals surface area contributed by atoms with Gasteiger partial charge in [0.15, 0.2) is 0 Å². The highest BCUT2D eigenvalue weighted by molar-refractivity contribution is 9.10. The summed E-state index contributed by atoms with van der Waals surface area (Å²) in [6, 6.07) is 4.31. The van der Waals surface area contributed by atoms with Crippen LogP contribution in [0.15, 0.2) is 22.9 Å². The fraction of sp³-hybridized carbons (Fsp3) is 0.500. The summed E-state index contributed by atoms with van der Waals surface area (Å²) in [5.74, 6) is 0.811. The fourth-order valence-electron chi connectivity index (χ4n) is 1.66. The summed E-state index contributed by atoms with van der Waals surface area (Å²) in [7, 11) is 0. The van der Waals surface area contributed by atoms with Gasteiger partial charge in [0.25, 0.3) is 0 Å². The van der Waals surface area contributed by atoms with E-state index in [4.69, 9.17) is 5.26 Å². The Labute approximate surface area is 99.5 Å². The molecule has 0 radical (unpaired) electrons. The number of aromatic nitrogens is 1. The molecule has 1 aromatic heterocycles. The molecule has 15 heavy (non-hydrogen) atoms. The third-order valence-electron chi connectivity index (χ3n) is 2.80. The molecule has 0 amide bonds. The second-order valence-corrected chi connectivity index (χ2v) is 4.71. The molecule has 2 atom stereocenters. The Balaban J connectivity index is 2.94. The van der Waals surface area contributed by atoms with Gasteiger partial charge in [-0.2, -0.15) is 5.26 Å². The van der Waals surface area contributed by atoms with E-state index >= 15 is 0 Å². The van der Waals surface area contributed by atoms with Crippen molar-refractivity contribution in [1.29, 1.82) is 5.26 Å².